The molecule has 5 heteroatoms. The van der Waals surface area contributed by atoms with Gasteiger partial charge in [0.2, 0.25) is 0 Å². The number of hydrogen-bond acceptors (Lipinski definition) is 4. The first-order valence-electron chi connectivity index (χ1n) is 6.27. The zero-order chi connectivity index (χ0) is 13.7. The summed E-state index contributed by atoms with van der Waals surface area (Å²) in [6.45, 7) is 8.57. The van der Waals surface area contributed by atoms with Gasteiger partial charge in [0, 0.05) is 26.0 Å². The van der Waals surface area contributed by atoms with Crippen LogP contribution in [0.5, 0.6) is 0 Å². The quantitative estimate of drug-likeness (QED) is 0.551. The molecule has 0 spiro atoms. The van der Waals surface area contributed by atoms with Crippen LogP contribution in [0.15, 0.2) is 0 Å². The SMILES string of the molecule is CCOC(CC(=O)c1c(C)nn(C)c1C)OCC. The van der Waals surface area contributed by atoms with E-state index in [2.05, 4.69) is 5.10 Å². The van der Waals surface area contributed by atoms with Crippen molar-refractivity contribution in [3.8, 4) is 0 Å². The van der Waals surface area contributed by atoms with Crippen molar-refractivity contribution in [1.82, 2.24) is 9.78 Å². The van der Waals surface area contributed by atoms with E-state index in [4.69, 9.17) is 9.47 Å². The minimum atomic E-state index is -0.466. The molecule has 0 saturated carbocycles. The van der Waals surface area contributed by atoms with Gasteiger partial charge >= 0.3 is 0 Å². The Morgan fingerprint density at radius 2 is 1.83 bits per heavy atom. The van der Waals surface area contributed by atoms with Gasteiger partial charge in [0.1, 0.15) is 0 Å². The molecule has 0 aliphatic carbocycles. The minimum Gasteiger partial charge on any atom is -0.352 e. The summed E-state index contributed by atoms with van der Waals surface area (Å²) in [5.74, 6) is 0.0185. The molecule has 1 aromatic rings. The Labute approximate surface area is 108 Å². The number of aryl methyl sites for hydroxylation is 2. The smallest absolute Gasteiger partial charge is 0.171 e. The van der Waals surface area contributed by atoms with Gasteiger partial charge in [-0.05, 0) is 27.7 Å². The topological polar surface area (TPSA) is 53.3 Å². The molecule has 0 atom stereocenters. The van der Waals surface area contributed by atoms with E-state index in [0.717, 1.165) is 11.4 Å². The van der Waals surface area contributed by atoms with Crippen LogP contribution in [0.3, 0.4) is 0 Å². The van der Waals surface area contributed by atoms with E-state index in [1.54, 1.807) is 4.68 Å². The Balaban J connectivity index is 2.80. The summed E-state index contributed by atoms with van der Waals surface area (Å²) in [6, 6.07) is 0. The lowest BCUT2D eigenvalue weighted by Gasteiger charge is -2.16. The third-order valence-corrected chi connectivity index (χ3v) is 2.85. The maximum Gasteiger partial charge on any atom is 0.171 e. The highest BCUT2D eigenvalue weighted by Gasteiger charge is 2.21. The van der Waals surface area contributed by atoms with Crippen LogP contribution in [0.2, 0.25) is 0 Å². The Kier molecular flexibility index (Phi) is 5.50. The van der Waals surface area contributed by atoms with Crippen molar-refractivity contribution in [2.45, 2.75) is 40.4 Å². The predicted octanol–water partition coefficient (Wildman–Crippen LogP) is 2.01. The van der Waals surface area contributed by atoms with Crippen molar-refractivity contribution in [1.29, 1.82) is 0 Å². The molecule has 1 rings (SSSR count). The molecular weight excluding hydrogens is 232 g/mol. The second-order valence-electron chi connectivity index (χ2n) is 4.14. The highest BCUT2D eigenvalue weighted by Crippen LogP contribution is 2.16. The van der Waals surface area contributed by atoms with Gasteiger partial charge < -0.3 is 9.47 Å². The van der Waals surface area contributed by atoms with Crippen LogP contribution < -0.4 is 0 Å². The molecule has 0 N–H and O–H groups in total. The Morgan fingerprint density at radius 3 is 2.22 bits per heavy atom. The first kappa shape index (κ1) is 14.9. The molecule has 1 aromatic heterocycles. The van der Waals surface area contributed by atoms with Gasteiger partial charge in [-0.1, -0.05) is 0 Å². The van der Waals surface area contributed by atoms with E-state index < -0.39 is 6.29 Å². The lowest BCUT2D eigenvalue weighted by Crippen LogP contribution is -2.22. The van der Waals surface area contributed by atoms with Gasteiger partial charge in [0.15, 0.2) is 12.1 Å². The van der Waals surface area contributed by atoms with Gasteiger partial charge in [-0.25, -0.2) is 0 Å². The predicted molar refractivity (Wildman–Crippen MR) is 68.7 cm³/mol. The van der Waals surface area contributed by atoms with E-state index in [1.165, 1.54) is 0 Å². The summed E-state index contributed by atoms with van der Waals surface area (Å²) in [7, 11) is 1.84. The molecule has 0 bridgehead atoms. The summed E-state index contributed by atoms with van der Waals surface area (Å²) >= 11 is 0. The van der Waals surface area contributed by atoms with Crippen LogP contribution in [-0.2, 0) is 16.5 Å². The molecule has 0 saturated heterocycles. The van der Waals surface area contributed by atoms with Crippen LogP contribution in [0, 0.1) is 13.8 Å². The molecule has 0 amide bonds. The summed E-state index contributed by atoms with van der Waals surface area (Å²) in [5, 5.41) is 4.25. The number of ether oxygens (including phenoxy) is 2. The lowest BCUT2D eigenvalue weighted by atomic mass is 10.1. The van der Waals surface area contributed by atoms with Crippen molar-refractivity contribution >= 4 is 5.78 Å². The molecule has 18 heavy (non-hydrogen) atoms. The van der Waals surface area contributed by atoms with Gasteiger partial charge in [-0.3, -0.25) is 9.48 Å². The Morgan fingerprint density at radius 1 is 1.28 bits per heavy atom. The van der Waals surface area contributed by atoms with Crippen LogP contribution in [-0.4, -0.2) is 35.1 Å². The van der Waals surface area contributed by atoms with Crippen molar-refractivity contribution in [2.24, 2.45) is 7.05 Å². The monoisotopic (exact) mass is 254 g/mol. The normalized spacial score (nSPS) is 11.2. The molecule has 1 heterocycles. The fraction of sp³-hybridized carbons (Fsp3) is 0.692. The molecule has 0 aliphatic heterocycles. The largest absolute Gasteiger partial charge is 0.352 e. The van der Waals surface area contributed by atoms with Gasteiger partial charge in [-0.2, -0.15) is 5.10 Å². The van der Waals surface area contributed by atoms with Crippen molar-refractivity contribution in [3.05, 3.63) is 17.0 Å². The number of aromatic nitrogens is 2. The second kappa shape index (κ2) is 6.66. The maximum absolute atomic E-state index is 12.2. The summed E-state index contributed by atoms with van der Waals surface area (Å²) < 4.78 is 12.5. The summed E-state index contributed by atoms with van der Waals surface area (Å²) in [6.07, 6.45) is -0.235. The Hall–Kier alpha value is -1.20. The standard InChI is InChI=1S/C13H22N2O3/c1-6-17-12(18-7-2)8-11(16)13-9(3)14-15(5)10(13)4/h12H,6-8H2,1-5H3. The number of Topliss-reactive ketones (excluding diaryl/α,β-unsaturated/α-hetero) is 1. The highest BCUT2D eigenvalue weighted by molar-refractivity contribution is 5.98. The number of hydrogen-bond donors (Lipinski definition) is 0. The van der Waals surface area contributed by atoms with Crippen LogP contribution >= 0.6 is 0 Å². The number of carbonyl (C=O) groups is 1. The average Bonchev–Trinajstić information content (AvgIpc) is 2.53. The molecule has 0 aromatic carbocycles. The van der Waals surface area contributed by atoms with Gasteiger partial charge in [0.05, 0.1) is 17.7 Å². The van der Waals surface area contributed by atoms with Crippen molar-refractivity contribution in [2.75, 3.05) is 13.2 Å². The van der Waals surface area contributed by atoms with Crippen LogP contribution in [0.1, 0.15) is 42.0 Å². The van der Waals surface area contributed by atoms with Gasteiger partial charge in [0.25, 0.3) is 0 Å². The van der Waals surface area contributed by atoms with Crippen LogP contribution in [0.4, 0.5) is 0 Å². The first-order valence-corrected chi connectivity index (χ1v) is 6.27. The van der Waals surface area contributed by atoms with Crippen molar-refractivity contribution in [3.63, 3.8) is 0 Å². The van der Waals surface area contributed by atoms with E-state index >= 15 is 0 Å². The molecular formula is C13H22N2O3. The third-order valence-electron chi connectivity index (χ3n) is 2.85. The molecule has 0 unspecified atom stereocenters. The molecule has 102 valence electrons. The van der Waals surface area contributed by atoms with E-state index in [9.17, 15) is 4.79 Å². The molecule has 0 fully saturated rings. The fourth-order valence-electron chi connectivity index (χ4n) is 1.97. The third kappa shape index (κ3) is 3.40. The highest BCUT2D eigenvalue weighted by atomic mass is 16.7. The van der Waals surface area contributed by atoms with Crippen LogP contribution in [0.25, 0.3) is 0 Å². The van der Waals surface area contributed by atoms with E-state index in [0.29, 0.717) is 18.8 Å². The van der Waals surface area contributed by atoms with E-state index in [1.807, 2.05) is 34.7 Å². The maximum atomic E-state index is 12.2. The first-order chi connectivity index (χ1) is 8.51. The van der Waals surface area contributed by atoms with E-state index in [-0.39, 0.29) is 12.2 Å². The molecule has 5 nitrogen and oxygen atoms in total. The van der Waals surface area contributed by atoms with Crippen molar-refractivity contribution < 1.29 is 14.3 Å². The second-order valence-corrected chi connectivity index (χ2v) is 4.14. The number of nitrogens with zero attached hydrogens (tertiary/aromatic N) is 2. The number of carbonyl (C=O) groups excluding carboxylic acids is 1. The molecule has 0 aliphatic rings. The zero-order valence-electron chi connectivity index (χ0n) is 11.8. The average molecular weight is 254 g/mol. The number of ketones is 1. The Bertz CT molecular complexity index is 407. The summed E-state index contributed by atoms with van der Waals surface area (Å²) in [4.78, 5) is 12.2. The number of rotatable bonds is 7. The summed E-state index contributed by atoms with van der Waals surface area (Å²) in [5.41, 5.74) is 2.32. The molecule has 0 radical (unpaired) electrons. The minimum absolute atomic E-state index is 0.0185. The lowest BCUT2D eigenvalue weighted by molar-refractivity contribution is -0.133. The fourth-order valence-corrected chi connectivity index (χ4v) is 1.97. The van der Waals surface area contributed by atoms with Gasteiger partial charge in [-0.15, -0.1) is 0 Å². The zero-order valence-corrected chi connectivity index (χ0v) is 11.8.